The minimum absolute atomic E-state index is 0.501. The van der Waals surface area contributed by atoms with Gasteiger partial charge in [-0.05, 0) is 24.3 Å². The average Bonchev–Trinajstić information content (AvgIpc) is 2.61. The van der Waals surface area contributed by atoms with Crippen LogP contribution in [0, 0.1) is 0 Å². The second kappa shape index (κ2) is 9.17. The summed E-state index contributed by atoms with van der Waals surface area (Å²) in [6.07, 6.45) is 0. The number of esters is 2. The summed E-state index contributed by atoms with van der Waals surface area (Å²) in [5, 5.41) is 2.82. The highest BCUT2D eigenvalue weighted by molar-refractivity contribution is 9.10. The van der Waals surface area contributed by atoms with Crippen LogP contribution in [0.15, 0.2) is 28.7 Å². The first kappa shape index (κ1) is 20.6. The molecule has 0 radical (unpaired) electrons. The Balaban J connectivity index is 3.31. The summed E-state index contributed by atoms with van der Waals surface area (Å²) in [5.41, 5.74) is -1.05. The first-order valence-electron chi connectivity index (χ1n) is 6.72. The Labute approximate surface area is 148 Å². The van der Waals surface area contributed by atoms with Crippen molar-refractivity contribution in [3.63, 3.8) is 0 Å². The highest BCUT2D eigenvalue weighted by Gasteiger charge is 2.50. The molecule has 8 nitrogen and oxygen atoms in total. The van der Waals surface area contributed by atoms with Crippen molar-refractivity contribution in [3.05, 3.63) is 28.7 Å². The maximum absolute atomic E-state index is 12.8. The fourth-order valence-electron chi connectivity index (χ4n) is 1.99. The largest absolute Gasteiger partial charge is 0.468 e. The Morgan fingerprint density at radius 2 is 1.50 bits per heavy atom. The van der Waals surface area contributed by atoms with E-state index in [0.717, 1.165) is 32.9 Å². The molecule has 2 atom stereocenters. The van der Waals surface area contributed by atoms with Gasteiger partial charge in [0.15, 0.2) is 5.66 Å². The van der Waals surface area contributed by atoms with Crippen molar-refractivity contribution in [3.8, 4) is 0 Å². The summed E-state index contributed by atoms with van der Waals surface area (Å²) in [7, 11) is 0.518. The fourth-order valence-corrected chi connectivity index (χ4v) is 3.78. The highest BCUT2D eigenvalue weighted by Crippen LogP contribution is 2.53. The van der Waals surface area contributed by atoms with E-state index >= 15 is 0 Å². The minimum atomic E-state index is -3.98. The van der Waals surface area contributed by atoms with Gasteiger partial charge in [-0.15, -0.1) is 0 Å². The summed E-state index contributed by atoms with van der Waals surface area (Å²) < 4.78 is 32.7. The quantitative estimate of drug-likeness (QED) is 0.502. The molecular formula is C14H19BrNO7P. The zero-order chi connectivity index (χ0) is 18.3. The number of hydrogen-bond acceptors (Lipinski definition) is 8. The maximum Gasteiger partial charge on any atom is 0.347 e. The molecule has 134 valence electrons. The number of rotatable bonds is 8. The van der Waals surface area contributed by atoms with E-state index in [1.54, 1.807) is 24.3 Å². The predicted octanol–water partition coefficient (Wildman–Crippen LogP) is 2.43. The number of nitrogens with one attached hydrogen (secondary N) is 1. The van der Waals surface area contributed by atoms with Gasteiger partial charge >= 0.3 is 19.5 Å². The van der Waals surface area contributed by atoms with Gasteiger partial charge in [0.05, 0.1) is 14.2 Å². The Kier molecular flexibility index (Phi) is 7.89. The molecule has 0 amide bonds. The van der Waals surface area contributed by atoms with Crippen molar-refractivity contribution in [1.29, 1.82) is 0 Å². The Bertz CT molecular complexity index is 614. The molecule has 24 heavy (non-hydrogen) atoms. The number of hydrogen-bond donors (Lipinski definition) is 1. The van der Waals surface area contributed by atoms with Crippen molar-refractivity contribution in [1.82, 2.24) is 0 Å². The van der Waals surface area contributed by atoms with Crippen LogP contribution in [-0.2, 0) is 32.7 Å². The zero-order valence-electron chi connectivity index (χ0n) is 13.6. The minimum Gasteiger partial charge on any atom is -0.468 e. The van der Waals surface area contributed by atoms with E-state index in [9.17, 15) is 14.2 Å². The SMILES string of the molecule is COC(=O)C(Nc1ccc(Br)cc1)C(C(=O)OC)P(=O)(OC)OC. The third-order valence-electron chi connectivity index (χ3n) is 3.23. The number of carbonyl (C=O) groups excluding carboxylic acids is 2. The number of benzene rings is 1. The molecule has 10 heteroatoms. The summed E-state index contributed by atoms with van der Waals surface area (Å²) in [6, 6.07) is 5.46. The Morgan fingerprint density at radius 1 is 1.00 bits per heavy atom. The monoisotopic (exact) mass is 423 g/mol. The lowest BCUT2D eigenvalue weighted by molar-refractivity contribution is -0.148. The molecule has 0 aliphatic heterocycles. The van der Waals surface area contributed by atoms with Gasteiger partial charge in [-0.25, -0.2) is 4.79 Å². The molecule has 0 aliphatic rings. The van der Waals surface area contributed by atoms with E-state index in [2.05, 4.69) is 26.0 Å². The lowest BCUT2D eigenvalue weighted by Crippen LogP contribution is -2.46. The number of halogens is 1. The van der Waals surface area contributed by atoms with E-state index in [4.69, 9.17) is 13.8 Å². The van der Waals surface area contributed by atoms with E-state index in [1.165, 1.54) is 0 Å². The van der Waals surface area contributed by atoms with Gasteiger partial charge in [-0.1, -0.05) is 15.9 Å². The van der Waals surface area contributed by atoms with Crippen molar-refractivity contribution in [2.75, 3.05) is 33.8 Å². The standard InChI is InChI=1S/C14H19BrNO7P/c1-20-13(17)11(16-10-7-5-9(15)6-8-10)12(14(18)21-2)24(19,22-3)23-4/h5-8,11-12,16H,1-4H3. The molecular weight excluding hydrogens is 405 g/mol. The van der Waals surface area contributed by atoms with Gasteiger partial charge in [0.1, 0.15) is 6.04 Å². The molecule has 1 aromatic rings. The topological polar surface area (TPSA) is 100 Å². The molecule has 1 rings (SSSR count). The van der Waals surface area contributed by atoms with E-state index < -0.39 is 31.2 Å². The third-order valence-corrected chi connectivity index (χ3v) is 5.97. The second-order valence-electron chi connectivity index (χ2n) is 4.53. The summed E-state index contributed by atoms with van der Waals surface area (Å²) in [6.45, 7) is 0. The maximum atomic E-state index is 12.8. The fraction of sp³-hybridized carbons (Fsp3) is 0.429. The van der Waals surface area contributed by atoms with Gasteiger partial charge < -0.3 is 23.8 Å². The molecule has 1 aromatic carbocycles. The Hall–Kier alpha value is -1.41. The van der Waals surface area contributed by atoms with Crippen LogP contribution in [0.25, 0.3) is 0 Å². The second-order valence-corrected chi connectivity index (χ2v) is 7.81. The van der Waals surface area contributed by atoms with E-state index in [0.29, 0.717) is 5.69 Å². The molecule has 0 bridgehead atoms. The van der Waals surface area contributed by atoms with E-state index in [-0.39, 0.29) is 0 Å². The van der Waals surface area contributed by atoms with Crippen molar-refractivity contribution < 1.29 is 32.7 Å². The molecule has 0 heterocycles. The molecule has 0 saturated heterocycles. The van der Waals surface area contributed by atoms with E-state index in [1.807, 2.05) is 0 Å². The lowest BCUT2D eigenvalue weighted by Gasteiger charge is -2.28. The molecule has 1 N–H and O–H groups in total. The van der Waals surface area contributed by atoms with Gasteiger partial charge in [0, 0.05) is 24.4 Å². The molecule has 2 unspecified atom stereocenters. The summed E-state index contributed by atoms with van der Waals surface area (Å²) >= 11 is 3.29. The highest BCUT2D eigenvalue weighted by atomic mass is 79.9. The van der Waals surface area contributed by atoms with Crippen LogP contribution in [0.1, 0.15) is 0 Å². The van der Waals surface area contributed by atoms with Gasteiger partial charge in [-0.2, -0.15) is 0 Å². The predicted molar refractivity (Wildman–Crippen MR) is 91.0 cm³/mol. The van der Waals surface area contributed by atoms with Crippen LogP contribution in [0.3, 0.4) is 0 Å². The first-order chi connectivity index (χ1) is 11.3. The number of anilines is 1. The van der Waals surface area contributed by atoms with Crippen molar-refractivity contribution >= 4 is 41.2 Å². The number of carbonyl (C=O) groups is 2. The molecule has 0 aliphatic carbocycles. The van der Waals surface area contributed by atoms with Crippen molar-refractivity contribution in [2.24, 2.45) is 0 Å². The average molecular weight is 424 g/mol. The van der Waals surface area contributed by atoms with Crippen molar-refractivity contribution in [2.45, 2.75) is 11.7 Å². The lowest BCUT2D eigenvalue weighted by atomic mass is 10.2. The molecule has 0 spiro atoms. The summed E-state index contributed by atoms with van der Waals surface area (Å²) in [4.78, 5) is 24.4. The molecule has 0 fully saturated rings. The first-order valence-corrected chi connectivity index (χ1v) is 9.12. The van der Waals surface area contributed by atoms with Gasteiger partial charge in [0.2, 0.25) is 0 Å². The van der Waals surface area contributed by atoms with Crippen LogP contribution >= 0.6 is 23.5 Å². The van der Waals surface area contributed by atoms with Gasteiger partial charge in [0.25, 0.3) is 0 Å². The zero-order valence-corrected chi connectivity index (χ0v) is 16.1. The molecule has 0 aromatic heterocycles. The van der Waals surface area contributed by atoms with Crippen LogP contribution < -0.4 is 5.32 Å². The Morgan fingerprint density at radius 3 is 1.92 bits per heavy atom. The van der Waals surface area contributed by atoms with Gasteiger partial charge in [-0.3, -0.25) is 9.36 Å². The molecule has 0 saturated carbocycles. The van der Waals surface area contributed by atoms with Crippen LogP contribution in [0.4, 0.5) is 5.69 Å². The normalized spacial score (nSPS) is 13.7. The smallest absolute Gasteiger partial charge is 0.347 e. The van der Waals surface area contributed by atoms with Crippen LogP contribution in [-0.4, -0.2) is 52.1 Å². The number of ether oxygens (including phenoxy) is 2. The van der Waals surface area contributed by atoms with Crippen LogP contribution in [0.5, 0.6) is 0 Å². The third kappa shape index (κ3) is 4.80. The summed E-state index contributed by atoms with van der Waals surface area (Å²) in [5.74, 6) is -1.75. The van der Waals surface area contributed by atoms with Crippen LogP contribution in [0.2, 0.25) is 0 Å². The number of methoxy groups -OCH3 is 2.